The van der Waals surface area contributed by atoms with Gasteiger partial charge in [-0.05, 0) is 77.3 Å². The zero-order chi connectivity index (χ0) is 14.0. The molecule has 0 radical (unpaired) electrons. The molecule has 2 heteroatoms. The van der Waals surface area contributed by atoms with E-state index in [1.165, 1.54) is 75.8 Å². The molecule has 0 amide bonds. The van der Waals surface area contributed by atoms with Gasteiger partial charge in [0, 0.05) is 0 Å². The van der Waals surface area contributed by atoms with Crippen LogP contribution in [0.3, 0.4) is 0 Å². The van der Waals surface area contributed by atoms with Crippen molar-refractivity contribution < 1.29 is 0 Å². The van der Waals surface area contributed by atoms with Gasteiger partial charge in [-0.1, -0.05) is 36.2 Å². The second-order valence-electron chi connectivity index (χ2n) is 6.10. The van der Waals surface area contributed by atoms with E-state index in [1.807, 2.05) is 0 Å². The fourth-order valence-corrected chi connectivity index (χ4v) is 2.91. The molecule has 0 unspecified atom stereocenters. The van der Waals surface area contributed by atoms with E-state index >= 15 is 0 Å². The third-order valence-electron chi connectivity index (χ3n) is 4.22. The molecule has 1 aliphatic rings. The van der Waals surface area contributed by atoms with Crippen molar-refractivity contribution in [3.8, 4) is 0 Å². The summed E-state index contributed by atoms with van der Waals surface area (Å²) < 4.78 is 0. The average Bonchev–Trinajstić information content (AvgIpc) is 2.49. The molecule has 2 rings (SSSR count). The van der Waals surface area contributed by atoms with Gasteiger partial charge in [0.15, 0.2) is 0 Å². The van der Waals surface area contributed by atoms with E-state index < -0.39 is 0 Å². The first kappa shape index (κ1) is 15.5. The lowest BCUT2D eigenvalue weighted by Gasteiger charge is -2.26. The molecule has 1 fully saturated rings. The Morgan fingerprint density at radius 3 is 2.40 bits per heavy atom. The molecule has 1 aromatic rings. The first-order chi connectivity index (χ1) is 9.84. The Morgan fingerprint density at radius 2 is 1.65 bits per heavy atom. The molecule has 0 bridgehead atoms. The SMILES string of the molecule is Cc1ccc(CCCNCCCN2CCCCC2)cc1. The molecule has 112 valence electrons. The molecule has 0 aliphatic carbocycles. The fourth-order valence-electron chi connectivity index (χ4n) is 2.91. The third kappa shape index (κ3) is 6.06. The summed E-state index contributed by atoms with van der Waals surface area (Å²) in [6.07, 6.45) is 7.98. The minimum Gasteiger partial charge on any atom is -0.317 e. The van der Waals surface area contributed by atoms with E-state index in [9.17, 15) is 0 Å². The number of nitrogens with one attached hydrogen (secondary N) is 1. The highest BCUT2D eigenvalue weighted by atomic mass is 15.1. The van der Waals surface area contributed by atoms with Gasteiger partial charge in [0.1, 0.15) is 0 Å². The predicted octanol–water partition coefficient (Wildman–Crippen LogP) is 3.39. The quantitative estimate of drug-likeness (QED) is 0.731. The van der Waals surface area contributed by atoms with Crippen LogP contribution in [0.25, 0.3) is 0 Å². The lowest BCUT2D eigenvalue weighted by Crippen LogP contribution is -2.32. The van der Waals surface area contributed by atoms with Crippen molar-refractivity contribution in [1.82, 2.24) is 10.2 Å². The van der Waals surface area contributed by atoms with Crippen LogP contribution in [0.1, 0.15) is 43.2 Å². The van der Waals surface area contributed by atoms with Crippen LogP contribution in [0.15, 0.2) is 24.3 Å². The van der Waals surface area contributed by atoms with Gasteiger partial charge in [-0.15, -0.1) is 0 Å². The first-order valence-corrected chi connectivity index (χ1v) is 8.33. The minimum absolute atomic E-state index is 1.15. The van der Waals surface area contributed by atoms with Crippen molar-refractivity contribution in [1.29, 1.82) is 0 Å². The lowest BCUT2D eigenvalue weighted by atomic mass is 10.1. The number of rotatable bonds is 8. The maximum Gasteiger partial charge on any atom is -0.000664 e. The van der Waals surface area contributed by atoms with Gasteiger partial charge >= 0.3 is 0 Å². The van der Waals surface area contributed by atoms with Gasteiger partial charge in [-0.25, -0.2) is 0 Å². The number of hydrogen-bond donors (Lipinski definition) is 1. The van der Waals surface area contributed by atoms with Crippen LogP contribution in [0.4, 0.5) is 0 Å². The number of aryl methyl sites for hydroxylation is 2. The van der Waals surface area contributed by atoms with Crippen molar-refractivity contribution in [2.24, 2.45) is 0 Å². The summed E-state index contributed by atoms with van der Waals surface area (Å²) in [4.78, 5) is 2.62. The van der Waals surface area contributed by atoms with Crippen LogP contribution < -0.4 is 5.32 Å². The molecule has 1 aliphatic heterocycles. The number of likely N-dealkylation sites (tertiary alicyclic amines) is 1. The molecule has 0 atom stereocenters. The van der Waals surface area contributed by atoms with Gasteiger partial charge in [0.25, 0.3) is 0 Å². The Morgan fingerprint density at radius 1 is 0.950 bits per heavy atom. The highest BCUT2D eigenvalue weighted by Gasteiger charge is 2.08. The molecule has 1 N–H and O–H groups in total. The van der Waals surface area contributed by atoms with Crippen LogP contribution in [0.5, 0.6) is 0 Å². The zero-order valence-corrected chi connectivity index (χ0v) is 13.0. The summed E-state index contributed by atoms with van der Waals surface area (Å²) in [5, 5.41) is 3.58. The van der Waals surface area contributed by atoms with Crippen molar-refractivity contribution >= 4 is 0 Å². The third-order valence-corrected chi connectivity index (χ3v) is 4.22. The van der Waals surface area contributed by atoms with Gasteiger partial charge < -0.3 is 10.2 Å². The van der Waals surface area contributed by atoms with Crippen molar-refractivity contribution in [2.75, 3.05) is 32.7 Å². The summed E-state index contributed by atoms with van der Waals surface area (Å²) in [7, 11) is 0. The molecule has 2 nitrogen and oxygen atoms in total. The average molecular weight is 274 g/mol. The van der Waals surface area contributed by atoms with Gasteiger partial charge in [-0.3, -0.25) is 0 Å². The monoisotopic (exact) mass is 274 g/mol. The maximum atomic E-state index is 3.58. The van der Waals surface area contributed by atoms with Crippen LogP contribution >= 0.6 is 0 Å². The molecule has 0 aromatic heterocycles. The molecule has 20 heavy (non-hydrogen) atoms. The summed E-state index contributed by atoms with van der Waals surface area (Å²) in [5.74, 6) is 0. The first-order valence-electron chi connectivity index (χ1n) is 8.33. The molecule has 1 saturated heterocycles. The highest BCUT2D eigenvalue weighted by Crippen LogP contribution is 2.08. The van der Waals surface area contributed by atoms with Crippen LogP contribution in [-0.2, 0) is 6.42 Å². The van der Waals surface area contributed by atoms with Gasteiger partial charge in [0.2, 0.25) is 0 Å². The van der Waals surface area contributed by atoms with Gasteiger partial charge in [-0.2, -0.15) is 0 Å². The maximum absolute atomic E-state index is 3.58. The van der Waals surface area contributed by atoms with Crippen molar-refractivity contribution in [3.05, 3.63) is 35.4 Å². The fraction of sp³-hybridized carbons (Fsp3) is 0.667. The number of hydrogen-bond acceptors (Lipinski definition) is 2. The molecule has 0 saturated carbocycles. The second-order valence-corrected chi connectivity index (χ2v) is 6.10. The standard InChI is InChI=1S/C18H30N2/c1-17-8-10-18(11-9-17)7-5-12-19-13-6-16-20-14-3-2-4-15-20/h8-11,19H,2-7,12-16H2,1H3. The van der Waals surface area contributed by atoms with Gasteiger partial charge in [0.05, 0.1) is 0 Å². The topological polar surface area (TPSA) is 15.3 Å². The smallest absolute Gasteiger partial charge is 0.000664 e. The molecule has 1 heterocycles. The normalized spacial score (nSPS) is 16.4. The Kier molecular flexibility index (Phi) is 7.10. The predicted molar refractivity (Wildman–Crippen MR) is 87.3 cm³/mol. The summed E-state index contributed by atoms with van der Waals surface area (Å²) >= 11 is 0. The molecular weight excluding hydrogens is 244 g/mol. The number of nitrogens with zero attached hydrogens (tertiary/aromatic N) is 1. The van der Waals surface area contributed by atoms with E-state index in [0.717, 1.165) is 6.54 Å². The molecule has 1 aromatic carbocycles. The second kappa shape index (κ2) is 9.15. The van der Waals surface area contributed by atoms with E-state index in [2.05, 4.69) is 41.4 Å². The largest absolute Gasteiger partial charge is 0.317 e. The Bertz CT molecular complexity index is 352. The van der Waals surface area contributed by atoms with Crippen LogP contribution in [-0.4, -0.2) is 37.6 Å². The van der Waals surface area contributed by atoms with E-state index in [-0.39, 0.29) is 0 Å². The Balaban J connectivity index is 1.44. The van der Waals surface area contributed by atoms with E-state index in [0.29, 0.717) is 0 Å². The molecular formula is C18H30N2. The van der Waals surface area contributed by atoms with E-state index in [4.69, 9.17) is 0 Å². The minimum atomic E-state index is 1.15. The van der Waals surface area contributed by atoms with Crippen LogP contribution in [0.2, 0.25) is 0 Å². The van der Waals surface area contributed by atoms with E-state index in [1.54, 1.807) is 0 Å². The highest BCUT2D eigenvalue weighted by molar-refractivity contribution is 5.21. The Labute approximate surface area is 124 Å². The van der Waals surface area contributed by atoms with Crippen molar-refractivity contribution in [3.63, 3.8) is 0 Å². The summed E-state index contributed by atoms with van der Waals surface area (Å²) in [5.41, 5.74) is 2.82. The number of benzene rings is 1. The Hall–Kier alpha value is -0.860. The molecule has 0 spiro atoms. The van der Waals surface area contributed by atoms with Crippen molar-refractivity contribution in [2.45, 2.75) is 45.4 Å². The van der Waals surface area contributed by atoms with Crippen LogP contribution in [0, 0.1) is 6.92 Å². The summed E-state index contributed by atoms with van der Waals surface area (Å²) in [6.45, 7) is 8.40. The number of piperidine rings is 1. The lowest BCUT2D eigenvalue weighted by molar-refractivity contribution is 0.226. The zero-order valence-electron chi connectivity index (χ0n) is 13.0. The summed E-state index contributed by atoms with van der Waals surface area (Å²) in [6, 6.07) is 8.93.